The Labute approximate surface area is 171 Å². The molecule has 29 heavy (non-hydrogen) atoms. The summed E-state index contributed by atoms with van der Waals surface area (Å²) in [5.41, 5.74) is 2.82. The number of benzene rings is 2. The van der Waals surface area contributed by atoms with E-state index < -0.39 is 18.8 Å². The Morgan fingerprint density at radius 3 is 2.83 bits per heavy atom. The number of thioether (sulfide) groups is 1. The molecule has 0 amide bonds. The molecule has 1 aliphatic rings. The van der Waals surface area contributed by atoms with E-state index in [1.807, 2.05) is 43.3 Å². The van der Waals surface area contributed by atoms with E-state index >= 15 is 0 Å². The van der Waals surface area contributed by atoms with Gasteiger partial charge in [-0.25, -0.2) is 4.79 Å². The number of anilines is 1. The molecule has 0 unspecified atom stereocenters. The lowest BCUT2D eigenvalue weighted by Crippen LogP contribution is -2.19. The molecule has 0 fully saturated rings. The summed E-state index contributed by atoms with van der Waals surface area (Å²) in [5.74, 6) is 0.526. The minimum absolute atomic E-state index is 0.353. The van der Waals surface area contributed by atoms with E-state index in [0.29, 0.717) is 28.0 Å². The van der Waals surface area contributed by atoms with Gasteiger partial charge in [0.25, 0.3) is 0 Å². The summed E-state index contributed by atoms with van der Waals surface area (Å²) < 4.78 is 11.7. The van der Waals surface area contributed by atoms with Crippen LogP contribution < -0.4 is 14.8 Å². The number of rotatable bonds is 6. The van der Waals surface area contributed by atoms with Crippen LogP contribution in [0.25, 0.3) is 11.3 Å². The second kappa shape index (κ2) is 8.36. The fourth-order valence-electron chi connectivity index (χ4n) is 2.95. The fraction of sp³-hybridized carbons (Fsp3) is 0.200. The Kier molecular flexibility index (Phi) is 5.48. The molecular formula is C20H18N4O4S. The third-order valence-corrected chi connectivity index (χ3v) is 4.88. The van der Waals surface area contributed by atoms with Gasteiger partial charge in [-0.1, -0.05) is 49.0 Å². The molecule has 0 radical (unpaired) electrons. The standard InChI is InChI=1S/C20H18N4O4S/c1-2-29-20-22-19-17(23-24-20)12-7-3-5-9-14(12)21-18(28-19)13-8-4-6-10-15(13)27-11-16(25)26/h3-10,18,21H,2,11H2,1H3,(H,25,26)/t18-/m1/s1. The van der Waals surface area contributed by atoms with Crippen molar-refractivity contribution in [3.05, 3.63) is 54.1 Å². The van der Waals surface area contributed by atoms with Crippen molar-refractivity contribution in [2.45, 2.75) is 18.3 Å². The summed E-state index contributed by atoms with van der Waals surface area (Å²) in [7, 11) is 0. The van der Waals surface area contributed by atoms with Crippen LogP contribution in [0.2, 0.25) is 0 Å². The molecule has 0 saturated heterocycles. The van der Waals surface area contributed by atoms with Crippen LogP contribution in [0.15, 0.2) is 53.7 Å². The van der Waals surface area contributed by atoms with E-state index in [1.54, 1.807) is 12.1 Å². The van der Waals surface area contributed by atoms with Crippen molar-refractivity contribution in [3.8, 4) is 22.9 Å². The smallest absolute Gasteiger partial charge is 0.341 e. The maximum atomic E-state index is 10.9. The molecule has 0 spiro atoms. The molecule has 1 aliphatic heterocycles. The highest BCUT2D eigenvalue weighted by molar-refractivity contribution is 7.99. The number of nitrogens with zero attached hydrogens (tertiary/aromatic N) is 3. The normalized spacial score (nSPS) is 14.6. The number of ether oxygens (including phenoxy) is 2. The van der Waals surface area contributed by atoms with E-state index in [1.165, 1.54) is 11.8 Å². The number of carbonyl (C=O) groups is 1. The molecular weight excluding hydrogens is 392 g/mol. The lowest BCUT2D eigenvalue weighted by atomic mass is 10.1. The summed E-state index contributed by atoms with van der Waals surface area (Å²) in [6.45, 7) is 1.56. The van der Waals surface area contributed by atoms with Crippen LogP contribution in [0.4, 0.5) is 5.69 Å². The maximum absolute atomic E-state index is 10.9. The van der Waals surface area contributed by atoms with Crippen molar-refractivity contribution >= 4 is 23.4 Å². The Hall–Kier alpha value is -3.33. The molecule has 2 aromatic carbocycles. The topological polar surface area (TPSA) is 106 Å². The highest BCUT2D eigenvalue weighted by atomic mass is 32.2. The van der Waals surface area contributed by atoms with Crippen LogP contribution in [-0.4, -0.2) is 38.6 Å². The first-order valence-corrected chi connectivity index (χ1v) is 9.98. The molecule has 2 heterocycles. The number of aromatic nitrogens is 3. The van der Waals surface area contributed by atoms with Gasteiger partial charge in [0.15, 0.2) is 12.3 Å². The molecule has 8 nitrogen and oxygen atoms in total. The average Bonchev–Trinajstić information content (AvgIpc) is 2.89. The highest BCUT2D eigenvalue weighted by Gasteiger charge is 2.27. The van der Waals surface area contributed by atoms with Gasteiger partial charge < -0.3 is 19.9 Å². The molecule has 1 aromatic heterocycles. The second-order valence-electron chi connectivity index (χ2n) is 6.09. The van der Waals surface area contributed by atoms with Gasteiger partial charge in [-0.3, -0.25) is 0 Å². The van der Waals surface area contributed by atoms with Crippen molar-refractivity contribution in [2.24, 2.45) is 0 Å². The van der Waals surface area contributed by atoms with E-state index in [9.17, 15) is 4.79 Å². The summed E-state index contributed by atoms with van der Waals surface area (Å²) in [6, 6.07) is 14.8. The van der Waals surface area contributed by atoms with Gasteiger partial charge in [-0.2, -0.15) is 4.98 Å². The highest BCUT2D eigenvalue weighted by Crippen LogP contribution is 2.40. The van der Waals surface area contributed by atoms with Gasteiger partial charge in [0.1, 0.15) is 5.75 Å². The number of carboxylic acids is 1. The molecule has 0 aliphatic carbocycles. The Morgan fingerprint density at radius 2 is 2.00 bits per heavy atom. The molecule has 3 aromatic rings. The monoisotopic (exact) mass is 410 g/mol. The Bertz CT molecular complexity index is 1050. The van der Waals surface area contributed by atoms with Gasteiger partial charge in [-0.15, -0.1) is 10.2 Å². The molecule has 0 saturated carbocycles. The minimum atomic E-state index is -1.05. The van der Waals surface area contributed by atoms with Gasteiger partial charge in [0.2, 0.25) is 17.3 Å². The molecule has 148 valence electrons. The van der Waals surface area contributed by atoms with Crippen LogP contribution in [-0.2, 0) is 4.79 Å². The zero-order chi connectivity index (χ0) is 20.2. The second-order valence-corrected chi connectivity index (χ2v) is 7.32. The number of para-hydroxylation sites is 2. The average molecular weight is 410 g/mol. The van der Waals surface area contributed by atoms with Crippen molar-refractivity contribution in [1.29, 1.82) is 0 Å². The van der Waals surface area contributed by atoms with Gasteiger partial charge in [0, 0.05) is 11.3 Å². The number of hydrogen-bond donors (Lipinski definition) is 2. The zero-order valence-electron chi connectivity index (χ0n) is 15.5. The van der Waals surface area contributed by atoms with E-state index in [4.69, 9.17) is 14.6 Å². The Balaban J connectivity index is 1.78. The first kappa shape index (κ1) is 19.0. The summed E-state index contributed by atoms with van der Waals surface area (Å²) in [6.07, 6.45) is -0.654. The number of hydrogen-bond acceptors (Lipinski definition) is 8. The Morgan fingerprint density at radius 1 is 1.21 bits per heavy atom. The predicted molar refractivity (Wildman–Crippen MR) is 108 cm³/mol. The number of fused-ring (bicyclic) bond motifs is 3. The minimum Gasteiger partial charge on any atom is -0.481 e. The summed E-state index contributed by atoms with van der Waals surface area (Å²) in [5, 5.41) is 21.4. The number of carboxylic acid groups (broad SMARTS) is 1. The van der Waals surface area contributed by atoms with Crippen LogP contribution in [0.3, 0.4) is 0 Å². The predicted octanol–water partition coefficient (Wildman–Crippen LogP) is 3.62. The van der Waals surface area contributed by atoms with Crippen molar-refractivity contribution in [2.75, 3.05) is 17.7 Å². The van der Waals surface area contributed by atoms with Gasteiger partial charge >= 0.3 is 5.97 Å². The van der Waals surface area contributed by atoms with Crippen LogP contribution in [0, 0.1) is 0 Å². The van der Waals surface area contributed by atoms with Crippen LogP contribution in [0.1, 0.15) is 18.7 Å². The quantitative estimate of drug-likeness (QED) is 0.589. The summed E-state index contributed by atoms with van der Waals surface area (Å²) >= 11 is 1.47. The molecule has 0 bridgehead atoms. The molecule has 1 atom stereocenters. The van der Waals surface area contributed by atoms with Gasteiger partial charge in [-0.05, 0) is 24.0 Å². The first-order chi connectivity index (χ1) is 14.2. The van der Waals surface area contributed by atoms with E-state index in [-0.39, 0.29) is 0 Å². The van der Waals surface area contributed by atoms with Crippen molar-refractivity contribution in [3.63, 3.8) is 0 Å². The van der Waals surface area contributed by atoms with Crippen LogP contribution in [0.5, 0.6) is 11.6 Å². The van der Waals surface area contributed by atoms with Gasteiger partial charge in [0.05, 0.1) is 5.56 Å². The molecule has 2 N–H and O–H groups in total. The molecule has 4 rings (SSSR count). The van der Waals surface area contributed by atoms with E-state index in [2.05, 4.69) is 20.5 Å². The number of aliphatic carboxylic acids is 1. The maximum Gasteiger partial charge on any atom is 0.341 e. The van der Waals surface area contributed by atoms with E-state index in [0.717, 1.165) is 17.0 Å². The third kappa shape index (κ3) is 4.09. The van der Waals surface area contributed by atoms with Crippen LogP contribution >= 0.6 is 11.8 Å². The SMILES string of the molecule is CCSc1nnc2c(n1)O[C@H](c1ccccc1OCC(=O)O)Nc1ccccc1-2. The number of nitrogens with one attached hydrogen (secondary N) is 1. The molecule has 9 heteroatoms. The zero-order valence-corrected chi connectivity index (χ0v) is 16.3. The first-order valence-electron chi connectivity index (χ1n) is 8.99. The lowest BCUT2D eigenvalue weighted by Gasteiger charge is -2.21. The largest absolute Gasteiger partial charge is 0.481 e. The summed E-state index contributed by atoms with van der Waals surface area (Å²) in [4.78, 5) is 15.5. The lowest BCUT2D eigenvalue weighted by molar-refractivity contribution is -0.139. The van der Waals surface area contributed by atoms with Crippen molar-refractivity contribution < 1.29 is 19.4 Å². The van der Waals surface area contributed by atoms with Crippen molar-refractivity contribution in [1.82, 2.24) is 15.2 Å². The third-order valence-electron chi connectivity index (χ3n) is 4.16. The fourth-order valence-corrected chi connectivity index (χ4v) is 3.45.